The van der Waals surface area contributed by atoms with Gasteiger partial charge in [0, 0.05) is 22.2 Å². The first-order valence-electron chi connectivity index (χ1n) is 7.27. The monoisotopic (exact) mass is 284 g/mol. The summed E-state index contributed by atoms with van der Waals surface area (Å²) in [5, 5.41) is 0.700. The molecule has 0 radical (unpaired) electrons. The van der Waals surface area contributed by atoms with Crippen molar-refractivity contribution in [3.05, 3.63) is 45.2 Å². The molecule has 4 nitrogen and oxygen atoms in total. The van der Waals surface area contributed by atoms with Crippen LogP contribution in [-0.2, 0) is 16.6 Å². The molecule has 1 amide bonds. The lowest BCUT2D eigenvalue weighted by Gasteiger charge is -2.19. The van der Waals surface area contributed by atoms with Crippen LogP contribution in [0.25, 0.3) is 10.9 Å². The fourth-order valence-corrected chi connectivity index (χ4v) is 3.08. The highest BCUT2D eigenvalue weighted by molar-refractivity contribution is 5.86. The van der Waals surface area contributed by atoms with E-state index in [1.54, 1.807) is 0 Å². The Morgan fingerprint density at radius 3 is 2.67 bits per heavy atom. The van der Waals surface area contributed by atoms with E-state index >= 15 is 0 Å². The number of pyridine rings is 1. The maximum Gasteiger partial charge on any atom is 0.226 e. The number of aromatic amines is 1. The minimum absolute atomic E-state index is 0.00456. The Balaban J connectivity index is 2.27. The summed E-state index contributed by atoms with van der Waals surface area (Å²) >= 11 is 0. The quantitative estimate of drug-likeness (QED) is 0.843. The summed E-state index contributed by atoms with van der Waals surface area (Å²) in [6, 6.07) is 5.92. The Morgan fingerprint density at radius 1 is 1.33 bits per heavy atom. The molecule has 0 bridgehead atoms. The lowest BCUT2D eigenvalue weighted by atomic mass is 9.86. The first-order chi connectivity index (χ1) is 9.79. The van der Waals surface area contributed by atoms with Crippen LogP contribution >= 0.6 is 0 Å². The number of nitrogens with one attached hydrogen (secondary N) is 1. The van der Waals surface area contributed by atoms with Crippen LogP contribution in [0, 0.1) is 0 Å². The van der Waals surface area contributed by atoms with E-state index in [4.69, 9.17) is 5.73 Å². The van der Waals surface area contributed by atoms with Crippen LogP contribution in [-0.4, -0.2) is 10.9 Å². The van der Waals surface area contributed by atoms with Gasteiger partial charge in [-0.2, -0.15) is 0 Å². The van der Waals surface area contributed by atoms with E-state index < -0.39 is 0 Å². The highest BCUT2D eigenvalue weighted by atomic mass is 16.1. The summed E-state index contributed by atoms with van der Waals surface area (Å²) in [7, 11) is 0. The average Bonchev–Trinajstić information content (AvgIpc) is 2.81. The van der Waals surface area contributed by atoms with E-state index in [9.17, 15) is 9.59 Å². The highest BCUT2D eigenvalue weighted by Crippen LogP contribution is 2.32. The Hall–Kier alpha value is -2.10. The van der Waals surface area contributed by atoms with Gasteiger partial charge in [0.15, 0.2) is 5.43 Å². The molecule has 3 N–H and O–H groups in total. The summed E-state index contributed by atoms with van der Waals surface area (Å²) < 4.78 is 0. The van der Waals surface area contributed by atoms with E-state index in [1.165, 1.54) is 0 Å². The third-order valence-electron chi connectivity index (χ3n) is 4.37. The molecule has 3 rings (SSSR count). The lowest BCUT2D eigenvalue weighted by Crippen LogP contribution is -2.21. The molecule has 1 unspecified atom stereocenters. The summed E-state index contributed by atoms with van der Waals surface area (Å²) in [6.07, 6.45) is 1.24. The summed E-state index contributed by atoms with van der Waals surface area (Å²) in [5.74, 6) is -0.727. The van der Waals surface area contributed by atoms with Gasteiger partial charge >= 0.3 is 0 Å². The Labute approximate surface area is 123 Å². The predicted octanol–water partition coefficient (Wildman–Crippen LogP) is 2.34. The molecule has 0 spiro atoms. The molecule has 1 aromatic heterocycles. The van der Waals surface area contributed by atoms with Gasteiger partial charge in [0.2, 0.25) is 5.91 Å². The van der Waals surface area contributed by atoms with Crippen LogP contribution in [0.5, 0.6) is 0 Å². The number of benzene rings is 1. The van der Waals surface area contributed by atoms with E-state index in [0.717, 1.165) is 16.6 Å². The van der Waals surface area contributed by atoms with Crippen molar-refractivity contribution >= 4 is 16.8 Å². The molecule has 0 aliphatic heterocycles. The van der Waals surface area contributed by atoms with Crippen molar-refractivity contribution in [1.29, 1.82) is 0 Å². The van der Waals surface area contributed by atoms with Crippen molar-refractivity contribution in [2.75, 3.05) is 0 Å². The number of amides is 1. The van der Waals surface area contributed by atoms with Gasteiger partial charge in [-0.25, -0.2) is 0 Å². The largest absolute Gasteiger partial charge is 0.369 e. The van der Waals surface area contributed by atoms with Crippen LogP contribution in [0.2, 0.25) is 0 Å². The fourth-order valence-electron chi connectivity index (χ4n) is 3.08. The molecule has 1 heterocycles. The van der Waals surface area contributed by atoms with Crippen molar-refractivity contribution in [1.82, 2.24) is 4.98 Å². The van der Waals surface area contributed by atoms with Gasteiger partial charge in [-0.05, 0) is 36.0 Å². The third kappa shape index (κ3) is 2.15. The number of carbonyl (C=O) groups is 1. The van der Waals surface area contributed by atoms with Gasteiger partial charge in [0.1, 0.15) is 0 Å². The number of H-pyrrole nitrogens is 1. The molecule has 1 aliphatic rings. The number of fused-ring (bicyclic) bond motifs is 2. The zero-order valence-corrected chi connectivity index (χ0v) is 12.6. The van der Waals surface area contributed by atoms with Gasteiger partial charge in [0.25, 0.3) is 0 Å². The third-order valence-corrected chi connectivity index (χ3v) is 4.37. The molecule has 0 saturated carbocycles. The van der Waals surface area contributed by atoms with Crippen molar-refractivity contribution in [2.24, 2.45) is 5.73 Å². The normalized spacial score (nSPS) is 18.0. The van der Waals surface area contributed by atoms with Crippen molar-refractivity contribution < 1.29 is 4.79 Å². The molecule has 110 valence electrons. The van der Waals surface area contributed by atoms with Gasteiger partial charge in [0.05, 0.1) is 5.92 Å². The molecule has 2 aromatic rings. The maximum absolute atomic E-state index is 12.7. The zero-order chi connectivity index (χ0) is 15.4. The average molecular weight is 284 g/mol. The first-order valence-corrected chi connectivity index (χ1v) is 7.27. The molecule has 21 heavy (non-hydrogen) atoms. The Bertz CT molecular complexity index is 797. The standard InChI is InChI=1S/C17H20N2O2/c1-17(2,3)9-4-7-13-12(8-9)15(20)10-5-6-11(16(18)21)14(10)19-13/h4,7-8,11H,5-6H2,1-3H3,(H2,18,21)(H,19,20). The van der Waals surface area contributed by atoms with Crippen LogP contribution in [0.3, 0.4) is 0 Å². The van der Waals surface area contributed by atoms with Crippen molar-refractivity contribution in [2.45, 2.75) is 44.9 Å². The number of hydrogen-bond acceptors (Lipinski definition) is 2. The molecule has 1 aromatic carbocycles. The van der Waals surface area contributed by atoms with Gasteiger partial charge < -0.3 is 10.7 Å². The van der Waals surface area contributed by atoms with Gasteiger partial charge in [-0.1, -0.05) is 26.8 Å². The number of aromatic nitrogens is 1. The van der Waals surface area contributed by atoms with E-state index in [1.807, 2.05) is 18.2 Å². The zero-order valence-electron chi connectivity index (χ0n) is 12.6. The van der Waals surface area contributed by atoms with Crippen LogP contribution < -0.4 is 11.2 Å². The molecular weight excluding hydrogens is 264 g/mol. The lowest BCUT2D eigenvalue weighted by molar-refractivity contribution is -0.119. The molecule has 0 fully saturated rings. The van der Waals surface area contributed by atoms with Crippen LogP contribution in [0.1, 0.15) is 49.9 Å². The summed E-state index contributed by atoms with van der Waals surface area (Å²) in [4.78, 5) is 27.5. The van der Waals surface area contributed by atoms with Crippen molar-refractivity contribution in [3.8, 4) is 0 Å². The van der Waals surface area contributed by atoms with Crippen LogP contribution in [0.4, 0.5) is 0 Å². The summed E-state index contributed by atoms with van der Waals surface area (Å²) in [5.41, 5.74) is 8.80. The fraction of sp³-hybridized carbons (Fsp3) is 0.412. The van der Waals surface area contributed by atoms with E-state index in [-0.39, 0.29) is 22.7 Å². The van der Waals surface area contributed by atoms with Crippen LogP contribution in [0.15, 0.2) is 23.0 Å². The number of primary amides is 1. The molecule has 1 aliphatic carbocycles. The molecule has 0 saturated heterocycles. The first kappa shape index (κ1) is 13.9. The van der Waals surface area contributed by atoms with Gasteiger partial charge in [-0.3, -0.25) is 9.59 Å². The second-order valence-corrected chi connectivity index (χ2v) is 6.85. The molecule has 1 atom stereocenters. The topological polar surface area (TPSA) is 75.9 Å². The Morgan fingerprint density at radius 2 is 2.05 bits per heavy atom. The van der Waals surface area contributed by atoms with E-state index in [0.29, 0.717) is 23.9 Å². The summed E-state index contributed by atoms with van der Waals surface area (Å²) in [6.45, 7) is 6.37. The minimum atomic E-state index is -0.366. The second-order valence-electron chi connectivity index (χ2n) is 6.85. The Kier molecular flexibility index (Phi) is 2.94. The van der Waals surface area contributed by atoms with E-state index in [2.05, 4.69) is 25.8 Å². The predicted molar refractivity (Wildman–Crippen MR) is 83.5 cm³/mol. The maximum atomic E-state index is 12.7. The highest BCUT2D eigenvalue weighted by Gasteiger charge is 2.30. The second kappa shape index (κ2) is 4.45. The minimum Gasteiger partial charge on any atom is -0.369 e. The number of rotatable bonds is 1. The number of nitrogens with two attached hydrogens (primary N) is 1. The SMILES string of the molecule is CC(C)(C)c1ccc2[nH]c3c(c(=O)c2c1)CCC3C(N)=O. The molecular formula is C17H20N2O2. The number of hydrogen-bond donors (Lipinski definition) is 2. The number of carbonyl (C=O) groups excluding carboxylic acids is 1. The molecule has 4 heteroatoms. The van der Waals surface area contributed by atoms with Crippen molar-refractivity contribution in [3.63, 3.8) is 0 Å². The van der Waals surface area contributed by atoms with Gasteiger partial charge in [-0.15, -0.1) is 0 Å². The smallest absolute Gasteiger partial charge is 0.226 e.